The highest BCUT2D eigenvalue weighted by molar-refractivity contribution is 6.32. The van der Waals surface area contributed by atoms with Gasteiger partial charge in [0.25, 0.3) is 5.91 Å². The highest BCUT2D eigenvalue weighted by Crippen LogP contribution is 2.30. The highest BCUT2D eigenvalue weighted by Gasteiger charge is 2.30. The second-order valence-electron chi connectivity index (χ2n) is 6.80. The van der Waals surface area contributed by atoms with E-state index in [-0.39, 0.29) is 23.2 Å². The maximum Gasteiger partial charge on any atom is 0.416 e. The van der Waals surface area contributed by atoms with E-state index in [0.717, 1.165) is 17.7 Å². The Bertz CT molecular complexity index is 1130. The average Bonchev–Trinajstić information content (AvgIpc) is 3.01. The molecule has 1 amide bonds. The first kappa shape index (κ1) is 23.3. The Labute approximate surface area is 185 Å². The van der Waals surface area contributed by atoms with Gasteiger partial charge in [-0.3, -0.25) is 4.79 Å². The molecule has 0 saturated carbocycles. The zero-order chi connectivity index (χ0) is 23.3. The predicted molar refractivity (Wildman–Crippen MR) is 113 cm³/mol. The van der Waals surface area contributed by atoms with Crippen molar-refractivity contribution in [3.05, 3.63) is 81.9 Å². The minimum Gasteiger partial charge on any atom is -0.376 e. The molecule has 3 aromatic rings. The average molecular weight is 468 g/mol. The molecule has 0 bridgehead atoms. The van der Waals surface area contributed by atoms with Crippen molar-refractivity contribution >= 4 is 29.4 Å². The number of aryl methyl sites for hydroxylation is 1. The van der Waals surface area contributed by atoms with Crippen LogP contribution in [0.1, 0.15) is 22.4 Å². The van der Waals surface area contributed by atoms with Crippen LogP contribution in [0.4, 0.5) is 23.2 Å². The van der Waals surface area contributed by atoms with Crippen LogP contribution in [-0.4, -0.2) is 28.4 Å². The number of hydrazone groups is 1. The van der Waals surface area contributed by atoms with Gasteiger partial charge in [-0.25, -0.2) is 14.5 Å². The van der Waals surface area contributed by atoms with E-state index < -0.39 is 17.6 Å². The summed E-state index contributed by atoms with van der Waals surface area (Å²) in [6.45, 7) is 1.75. The molecule has 2 N–H and O–H groups in total. The van der Waals surface area contributed by atoms with Gasteiger partial charge in [-0.1, -0.05) is 29.8 Å². The molecule has 2 aromatic carbocycles. The van der Waals surface area contributed by atoms with Crippen molar-refractivity contribution < 1.29 is 22.4 Å². The Hall–Kier alpha value is -3.40. The Balaban J connectivity index is 1.57. The van der Waals surface area contributed by atoms with E-state index in [1.165, 1.54) is 35.2 Å². The van der Waals surface area contributed by atoms with Crippen LogP contribution in [0, 0.1) is 12.7 Å². The first-order chi connectivity index (χ1) is 15.1. The number of hydrogen-bond acceptors (Lipinski definition) is 4. The van der Waals surface area contributed by atoms with Crippen LogP contribution in [0.2, 0.25) is 5.15 Å². The van der Waals surface area contributed by atoms with Crippen molar-refractivity contribution in [3.63, 3.8) is 0 Å². The Morgan fingerprint density at radius 1 is 1.22 bits per heavy atom. The zero-order valence-corrected chi connectivity index (χ0v) is 17.5. The van der Waals surface area contributed by atoms with Crippen LogP contribution in [0.15, 0.2) is 53.6 Å². The summed E-state index contributed by atoms with van der Waals surface area (Å²) < 4.78 is 52.8. The number of carbonyl (C=O) groups is 1. The van der Waals surface area contributed by atoms with Crippen LogP contribution in [0.5, 0.6) is 0 Å². The van der Waals surface area contributed by atoms with Gasteiger partial charge in [0, 0.05) is 5.69 Å². The molecule has 0 fully saturated rings. The fourth-order valence-electron chi connectivity index (χ4n) is 2.78. The first-order valence-corrected chi connectivity index (χ1v) is 9.71. The van der Waals surface area contributed by atoms with Gasteiger partial charge in [0.15, 0.2) is 0 Å². The smallest absolute Gasteiger partial charge is 0.376 e. The first-order valence-electron chi connectivity index (χ1n) is 9.34. The van der Waals surface area contributed by atoms with Gasteiger partial charge in [-0.05, 0) is 42.8 Å². The third-order valence-corrected chi connectivity index (χ3v) is 4.78. The summed E-state index contributed by atoms with van der Waals surface area (Å²) in [6, 6.07) is 10.4. The van der Waals surface area contributed by atoms with Gasteiger partial charge in [0.1, 0.15) is 11.0 Å². The van der Waals surface area contributed by atoms with Crippen LogP contribution >= 0.6 is 11.6 Å². The quantitative estimate of drug-likeness (QED) is 0.303. The van der Waals surface area contributed by atoms with Gasteiger partial charge in [-0.15, -0.1) is 0 Å². The summed E-state index contributed by atoms with van der Waals surface area (Å²) in [4.78, 5) is 11.9. The van der Waals surface area contributed by atoms with E-state index in [4.69, 9.17) is 11.6 Å². The molecule has 0 unspecified atom stereocenters. The maximum absolute atomic E-state index is 13.0. The van der Waals surface area contributed by atoms with Crippen molar-refractivity contribution in [2.75, 3.05) is 11.9 Å². The number of nitrogens with zero attached hydrogens (tertiary/aromatic N) is 3. The number of amides is 1. The molecule has 0 spiro atoms. The summed E-state index contributed by atoms with van der Waals surface area (Å²) in [6.07, 6.45) is -3.14. The Morgan fingerprint density at radius 3 is 2.62 bits per heavy atom. The number of rotatable bonds is 7. The van der Waals surface area contributed by atoms with Gasteiger partial charge in [0.05, 0.1) is 36.1 Å². The zero-order valence-electron chi connectivity index (χ0n) is 16.8. The molecule has 11 heteroatoms. The number of alkyl halides is 3. The molecule has 6 nitrogen and oxygen atoms in total. The lowest BCUT2D eigenvalue weighted by Gasteiger charge is -2.10. The Morgan fingerprint density at radius 2 is 1.94 bits per heavy atom. The number of anilines is 1. The molecule has 0 aliphatic carbocycles. The van der Waals surface area contributed by atoms with Crippen molar-refractivity contribution in [2.45, 2.75) is 19.6 Å². The van der Waals surface area contributed by atoms with Crippen molar-refractivity contribution in [1.82, 2.24) is 15.2 Å². The number of nitrogens with one attached hydrogen (secondary N) is 2. The summed E-state index contributed by atoms with van der Waals surface area (Å²) >= 11 is 6.34. The summed E-state index contributed by atoms with van der Waals surface area (Å²) in [7, 11) is 0. The molecular weight excluding hydrogens is 450 g/mol. The molecule has 0 saturated heterocycles. The second kappa shape index (κ2) is 9.82. The monoisotopic (exact) mass is 467 g/mol. The third kappa shape index (κ3) is 6.07. The molecular formula is C21H18ClF4N5O. The molecule has 168 valence electrons. The van der Waals surface area contributed by atoms with Gasteiger partial charge in [0.2, 0.25) is 0 Å². The van der Waals surface area contributed by atoms with E-state index in [1.807, 2.05) is 0 Å². The predicted octanol–water partition coefficient (Wildman–Crippen LogP) is 4.61. The molecule has 1 heterocycles. The van der Waals surface area contributed by atoms with Crippen LogP contribution in [0.25, 0.3) is 0 Å². The topological polar surface area (TPSA) is 71.3 Å². The summed E-state index contributed by atoms with van der Waals surface area (Å²) in [5.74, 6) is -0.909. The van der Waals surface area contributed by atoms with Crippen LogP contribution < -0.4 is 10.7 Å². The van der Waals surface area contributed by atoms with E-state index >= 15 is 0 Å². The van der Waals surface area contributed by atoms with Crippen molar-refractivity contribution in [3.8, 4) is 0 Å². The Kier molecular flexibility index (Phi) is 7.14. The molecule has 3 rings (SSSR count). The largest absolute Gasteiger partial charge is 0.416 e. The fraction of sp³-hybridized carbons (Fsp3) is 0.190. The van der Waals surface area contributed by atoms with E-state index in [2.05, 4.69) is 20.9 Å². The fourth-order valence-corrected chi connectivity index (χ4v) is 3.06. The lowest BCUT2D eigenvalue weighted by Crippen LogP contribution is -2.26. The normalized spacial score (nSPS) is 11.7. The number of benzene rings is 2. The van der Waals surface area contributed by atoms with Crippen LogP contribution in [-0.2, 0) is 17.5 Å². The van der Waals surface area contributed by atoms with E-state index in [9.17, 15) is 22.4 Å². The minimum atomic E-state index is -4.47. The minimum absolute atomic E-state index is 0.153. The number of halogens is 5. The van der Waals surface area contributed by atoms with Gasteiger partial charge in [-0.2, -0.15) is 23.4 Å². The maximum atomic E-state index is 13.0. The molecule has 0 atom stereocenters. The van der Waals surface area contributed by atoms with Crippen LogP contribution in [0.3, 0.4) is 0 Å². The summed E-state index contributed by atoms with van der Waals surface area (Å²) in [5, 5.41) is 11.0. The molecule has 32 heavy (non-hydrogen) atoms. The van der Waals surface area contributed by atoms with Crippen molar-refractivity contribution in [2.24, 2.45) is 5.10 Å². The standard InChI is InChI=1S/C21H18ClF4N5O/c1-13-18(20(22)31(30-13)12-14-5-7-16(23)8-6-14)10-28-29-19(32)11-27-17-4-2-3-15(9-17)21(24,25)26/h2-10,27H,11-12H2,1H3,(H,29,32). The lowest BCUT2D eigenvalue weighted by atomic mass is 10.2. The van der Waals surface area contributed by atoms with E-state index in [0.29, 0.717) is 17.8 Å². The lowest BCUT2D eigenvalue weighted by molar-refractivity contribution is -0.137. The highest BCUT2D eigenvalue weighted by atomic mass is 35.5. The molecule has 0 aliphatic heterocycles. The number of carbonyl (C=O) groups excluding carboxylic acids is 1. The molecule has 1 aromatic heterocycles. The van der Waals surface area contributed by atoms with E-state index in [1.54, 1.807) is 19.1 Å². The second-order valence-corrected chi connectivity index (χ2v) is 7.16. The molecule has 0 radical (unpaired) electrons. The van der Waals surface area contributed by atoms with Gasteiger partial charge < -0.3 is 5.32 Å². The van der Waals surface area contributed by atoms with Crippen molar-refractivity contribution in [1.29, 1.82) is 0 Å². The van der Waals surface area contributed by atoms with Gasteiger partial charge >= 0.3 is 6.18 Å². The number of aromatic nitrogens is 2. The third-order valence-electron chi connectivity index (χ3n) is 4.38. The number of hydrogen-bond donors (Lipinski definition) is 2. The summed E-state index contributed by atoms with van der Waals surface area (Å²) in [5.41, 5.74) is 3.46. The SMILES string of the molecule is Cc1nn(Cc2ccc(F)cc2)c(Cl)c1C=NNC(=O)CNc1cccc(C(F)(F)F)c1. The molecule has 0 aliphatic rings.